The average Bonchev–Trinajstić information content (AvgIpc) is 2.56. The topological polar surface area (TPSA) is 0 Å². The second-order valence-electron chi connectivity index (χ2n) is 5.58. The first-order valence-electron chi connectivity index (χ1n) is 8.26. The van der Waals surface area contributed by atoms with E-state index in [4.69, 9.17) is 0 Å². The van der Waals surface area contributed by atoms with E-state index in [0.29, 0.717) is 0 Å². The number of hydrogen-bond acceptors (Lipinski definition) is 0. The molecule has 0 aliphatic heterocycles. The molecule has 2 heteroatoms. The van der Waals surface area contributed by atoms with Crippen molar-refractivity contribution >= 4 is 13.2 Å². The Balaban J connectivity index is 0.00000242. The van der Waals surface area contributed by atoms with Gasteiger partial charge in [0, 0.05) is 20.4 Å². The van der Waals surface area contributed by atoms with Gasteiger partial charge >= 0.3 is 0 Å². The van der Waals surface area contributed by atoms with Crippen LogP contribution < -0.4 is 5.30 Å². The minimum atomic E-state index is -0.0120. The Morgan fingerprint density at radius 1 is 0.727 bits per heavy atom. The van der Waals surface area contributed by atoms with Gasteiger partial charge in [-0.05, 0) is 41.6 Å². The molecule has 0 N–H and O–H groups in total. The van der Waals surface area contributed by atoms with E-state index in [0.717, 1.165) is 0 Å². The van der Waals surface area contributed by atoms with Crippen molar-refractivity contribution < 1.29 is 20.4 Å². The van der Waals surface area contributed by atoms with E-state index in [2.05, 4.69) is 68.4 Å². The van der Waals surface area contributed by atoms with E-state index in [9.17, 15) is 0 Å². The third-order valence-electron chi connectivity index (χ3n) is 3.89. The van der Waals surface area contributed by atoms with Gasteiger partial charge in [0.05, 0.1) is 0 Å². The Morgan fingerprint density at radius 2 is 1.27 bits per heavy atom. The second-order valence-corrected chi connectivity index (χ2v) is 8.03. The average molecular weight is 405 g/mol. The van der Waals surface area contributed by atoms with Crippen LogP contribution in [0.1, 0.15) is 39.5 Å². The van der Waals surface area contributed by atoms with Gasteiger partial charge in [0.15, 0.2) is 0 Å². The van der Waals surface area contributed by atoms with Gasteiger partial charge in [-0.15, -0.1) is 0 Å². The quantitative estimate of drug-likeness (QED) is 0.370. The molecule has 0 spiro atoms. The summed E-state index contributed by atoms with van der Waals surface area (Å²) >= 11 is 0. The van der Waals surface area contributed by atoms with Crippen LogP contribution in [0.2, 0.25) is 0 Å². The van der Waals surface area contributed by atoms with Crippen molar-refractivity contribution in [3.05, 3.63) is 54.6 Å². The van der Waals surface area contributed by atoms with Gasteiger partial charge in [0.25, 0.3) is 0 Å². The largest absolute Gasteiger partial charge is 0.0746 e. The fraction of sp³-hybridized carbons (Fsp3) is 0.400. The Kier molecular flexibility index (Phi) is 9.90. The molecule has 122 valence electrons. The third-order valence-corrected chi connectivity index (χ3v) is 6.68. The van der Waals surface area contributed by atoms with Crippen LogP contribution in [0.3, 0.4) is 0 Å². The van der Waals surface area contributed by atoms with Crippen LogP contribution in [-0.2, 0) is 20.4 Å². The first-order chi connectivity index (χ1) is 10.4. The molecule has 0 fully saturated rings. The van der Waals surface area contributed by atoms with Crippen molar-refractivity contribution in [2.75, 3.05) is 12.3 Å². The molecule has 0 aliphatic carbocycles. The summed E-state index contributed by atoms with van der Waals surface area (Å²) in [6.07, 6.45) is 8.10. The normalized spacial score (nSPS) is 10.5. The smallest absolute Gasteiger partial charge is 0 e. The fourth-order valence-electron chi connectivity index (χ4n) is 2.66. The van der Waals surface area contributed by atoms with Crippen LogP contribution in [0, 0.1) is 0 Å². The van der Waals surface area contributed by atoms with E-state index < -0.39 is 0 Å². The first-order valence-corrected chi connectivity index (χ1v) is 9.97. The zero-order valence-corrected chi connectivity index (χ0v) is 16.2. The zero-order valence-electron chi connectivity index (χ0n) is 13.7. The number of unbranched alkanes of at least 4 members (excludes halogenated alkanes) is 2. The van der Waals surface area contributed by atoms with Gasteiger partial charge in [0.2, 0.25) is 0 Å². The molecule has 2 rings (SSSR count). The number of benzene rings is 2. The molecule has 22 heavy (non-hydrogen) atoms. The summed E-state index contributed by atoms with van der Waals surface area (Å²) in [6.45, 7) is 4.60. The molecule has 2 aromatic carbocycles. The van der Waals surface area contributed by atoms with Crippen LogP contribution >= 0.6 is 7.92 Å². The van der Waals surface area contributed by atoms with Gasteiger partial charge in [-0.2, -0.15) is 0 Å². The summed E-state index contributed by atoms with van der Waals surface area (Å²) in [6, 6.07) is 19.9. The molecule has 2 aromatic rings. The van der Waals surface area contributed by atoms with Gasteiger partial charge < -0.3 is 0 Å². The van der Waals surface area contributed by atoms with Crippen molar-refractivity contribution in [2.45, 2.75) is 39.5 Å². The van der Waals surface area contributed by atoms with Gasteiger partial charge in [-0.1, -0.05) is 89.2 Å². The van der Waals surface area contributed by atoms with E-state index in [1.807, 2.05) is 0 Å². The predicted octanol–water partition coefficient (Wildman–Crippen LogP) is 6.06. The molecule has 0 saturated heterocycles. The second kappa shape index (κ2) is 11.1. The van der Waals surface area contributed by atoms with Crippen LogP contribution in [-0.4, -0.2) is 12.3 Å². The molecule has 0 nitrogen and oxygen atoms in total. The molecule has 0 unspecified atom stereocenters. The summed E-state index contributed by atoms with van der Waals surface area (Å²) in [5, 5.41) is 1.61. The van der Waals surface area contributed by atoms with Gasteiger partial charge in [-0.3, -0.25) is 0 Å². The minimum Gasteiger partial charge on any atom is -0.0746 e. The van der Waals surface area contributed by atoms with Crippen molar-refractivity contribution in [1.82, 2.24) is 0 Å². The van der Waals surface area contributed by atoms with Crippen molar-refractivity contribution in [3.8, 4) is 11.1 Å². The molecular weight excluding hydrogens is 378 g/mol. The van der Waals surface area contributed by atoms with Crippen molar-refractivity contribution in [3.63, 3.8) is 0 Å². The molecular formula is C20H27PPd. The summed E-state index contributed by atoms with van der Waals surface area (Å²) in [5.74, 6) is 0. The summed E-state index contributed by atoms with van der Waals surface area (Å²) in [5.41, 5.74) is 2.82. The SMILES string of the molecule is CCCCP(CCCC)c1ccccc1-c1ccccc1.[Pd]. The molecule has 0 radical (unpaired) electrons. The Labute approximate surface area is 151 Å². The summed E-state index contributed by atoms with van der Waals surface area (Å²) in [4.78, 5) is 0. The van der Waals surface area contributed by atoms with Crippen LogP contribution in [0.15, 0.2) is 54.6 Å². The fourth-order valence-corrected chi connectivity index (χ4v) is 5.60. The third kappa shape index (κ3) is 5.63. The van der Waals surface area contributed by atoms with Crippen molar-refractivity contribution in [1.29, 1.82) is 0 Å². The van der Waals surface area contributed by atoms with Crippen molar-refractivity contribution in [2.24, 2.45) is 0 Å². The minimum absolute atomic E-state index is 0. The molecule has 0 saturated carbocycles. The van der Waals surface area contributed by atoms with E-state index in [-0.39, 0.29) is 28.3 Å². The number of rotatable bonds is 8. The Hall–Kier alpha value is -0.468. The van der Waals surface area contributed by atoms with Crippen LogP contribution in [0.4, 0.5) is 0 Å². The maximum atomic E-state index is 2.37. The monoisotopic (exact) mass is 404 g/mol. The molecule has 0 atom stereocenters. The molecule has 0 aliphatic rings. The zero-order chi connectivity index (χ0) is 14.9. The van der Waals surface area contributed by atoms with Gasteiger partial charge in [-0.25, -0.2) is 0 Å². The standard InChI is InChI=1S/C20H27P.Pd/c1-3-5-16-21(17-6-4-2)20-15-11-10-14-19(20)18-12-8-7-9-13-18;/h7-15H,3-6,16-17H2,1-2H3;. The summed E-state index contributed by atoms with van der Waals surface area (Å²) < 4.78 is 0. The molecule has 0 heterocycles. The van der Waals surface area contributed by atoms with Crippen LogP contribution in [0.25, 0.3) is 11.1 Å². The number of hydrogen-bond donors (Lipinski definition) is 0. The Bertz CT molecular complexity index is 516. The predicted molar refractivity (Wildman–Crippen MR) is 98.0 cm³/mol. The van der Waals surface area contributed by atoms with Gasteiger partial charge in [0.1, 0.15) is 0 Å². The van der Waals surface area contributed by atoms with E-state index in [1.165, 1.54) is 49.1 Å². The Morgan fingerprint density at radius 3 is 1.86 bits per heavy atom. The molecule has 0 bridgehead atoms. The molecule has 0 aromatic heterocycles. The van der Waals surface area contributed by atoms with E-state index in [1.54, 1.807) is 5.30 Å². The van der Waals surface area contributed by atoms with Crippen LogP contribution in [0.5, 0.6) is 0 Å². The molecule has 0 amide bonds. The van der Waals surface area contributed by atoms with E-state index >= 15 is 0 Å². The maximum absolute atomic E-state index is 2.37. The maximum Gasteiger partial charge on any atom is 0 e. The first kappa shape index (κ1) is 19.6. The summed E-state index contributed by atoms with van der Waals surface area (Å²) in [7, 11) is -0.0120.